The minimum Gasteiger partial charge on any atom is -0.497 e. The monoisotopic (exact) mass is 376 g/mol. The summed E-state index contributed by atoms with van der Waals surface area (Å²) in [5.41, 5.74) is 1.85. The molecule has 0 spiro atoms. The number of halogens is 1. The van der Waals surface area contributed by atoms with Crippen LogP contribution in [0.25, 0.3) is 0 Å². The number of rotatable bonds is 8. The molecule has 23 heavy (non-hydrogen) atoms. The highest BCUT2D eigenvalue weighted by Gasteiger charge is 2.04. The number of amides is 1. The van der Waals surface area contributed by atoms with E-state index in [-0.39, 0.29) is 5.91 Å². The van der Waals surface area contributed by atoms with Crippen LogP contribution in [0.1, 0.15) is 22.3 Å². The number of ether oxygens (including phenoxy) is 1. The Hall–Kier alpha value is -1.85. The van der Waals surface area contributed by atoms with Crippen molar-refractivity contribution >= 4 is 21.8 Å². The fourth-order valence-corrected chi connectivity index (χ4v) is 2.56. The lowest BCUT2D eigenvalue weighted by atomic mass is 10.2. The molecule has 2 aromatic rings. The van der Waals surface area contributed by atoms with E-state index in [4.69, 9.17) is 4.74 Å². The van der Waals surface area contributed by atoms with E-state index < -0.39 is 0 Å². The van der Waals surface area contributed by atoms with Crippen LogP contribution in [0.5, 0.6) is 5.75 Å². The molecule has 0 saturated carbocycles. The number of carbonyl (C=O) groups is 1. The molecule has 4 nitrogen and oxygen atoms in total. The van der Waals surface area contributed by atoms with Crippen LogP contribution >= 0.6 is 15.9 Å². The average Bonchev–Trinajstić information content (AvgIpc) is 2.58. The van der Waals surface area contributed by atoms with Crippen LogP contribution in [0.4, 0.5) is 0 Å². The molecule has 0 saturated heterocycles. The maximum Gasteiger partial charge on any atom is 0.251 e. The second kappa shape index (κ2) is 9.33. The first-order valence-corrected chi connectivity index (χ1v) is 8.36. The third-order valence-corrected chi connectivity index (χ3v) is 3.86. The number of carbonyl (C=O) groups excluding carboxylic acids is 1. The Bertz CT molecular complexity index is 646. The molecule has 0 atom stereocenters. The highest BCUT2D eigenvalue weighted by atomic mass is 79.9. The Labute approximate surface area is 145 Å². The van der Waals surface area contributed by atoms with Gasteiger partial charge in [0.1, 0.15) is 5.75 Å². The van der Waals surface area contributed by atoms with Crippen molar-refractivity contribution in [2.24, 2.45) is 0 Å². The topological polar surface area (TPSA) is 50.4 Å². The molecule has 0 fully saturated rings. The first-order chi connectivity index (χ1) is 11.2. The van der Waals surface area contributed by atoms with E-state index in [1.807, 2.05) is 36.4 Å². The largest absolute Gasteiger partial charge is 0.497 e. The highest BCUT2D eigenvalue weighted by Crippen LogP contribution is 2.12. The molecule has 1 amide bonds. The maximum atomic E-state index is 12.0. The molecule has 0 bridgehead atoms. The van der Waals surface area contributed by atoms with Crippen molar-refractivity contribution in [3.63, 3.8) is 0 Å². The summed E-state index contributed by atoms with van der Waals surface area (Å²) in [4.78, 5) is 12.0. The molecule has 2 N–H and O–H groups in total. The van der Waals surface area contributed by atoms with Gasteiger partial charge in [0.2, 0.25) is 0 Å². The van der Waals surface area contributed by atoms with Crippen molar-refractivity contribution in [3.8, 4) is 5.75 Å². The zero-order chi connectivity index (χ0) is 16.5. The van der Waals surface area contributed by atoms with Gasteiger partial charge in [-0.05, 0) is 48.9 Å². The molecule has 0 heterocycles. The molecule has 0 radical (unpaired) electrons. The van der Waals surface area contributed by atoms with Gasteiger partial charge < -0.3 is 15.4 Å². The predicted octanol–water partition coefficient (Wildman–Crippen LogP) is 3.37. The number of nitrogens with one attached hydrogen (secondary N) is 2. The number of methoxy groups -OCH3 is 1. The minimum atomic E-state index is -0.0425. The van der Waals surface area contributed by atoms with E-state index in [2.05, 4.69) is 32.6 Å². The number of hydrogen-bond acceptors (Lipinski definition) is 3. The fourth-order valence-electron chi connectivity index (χ4n) is 2.16. The van der Waals surface area contributed by atoms with Gasteiger partial charge >= 0.3 is 0 Å². The number of benzene rings is 2. The fraction of sp³-hybridized carbons (Fsp3) is 0.278. The molecule has 0 aliphatic heterocycles. The van der Waals surface area contributed by atoms with E-state index in [0.29, 0.717) is 12.1 Å². The summed E-state index contributed by atoms with van der Waals surface area (Å²) < 4.78 is 6.11. The van der Waals surface area contributed by atoms with Gasteiger partial charge in [-0.25, -0.2) is 0 Å². The summed E-state index contributed by atoms with van der Waals surface area (Å²) >= 11 is 3.37. The van der Waals surface area contributed by atoms with E-state index in [9.17, 15) is 4.79 Å². The van der Waals surface area contributed by atoms with Gasteiger partial charge in [0, 0.05) is 23.1 Å². The number of hydrogen-bond donors (Lipinski definition) is 2. The van der Waals surface area contributed by atoms with E-state index in [1.165, 1.54) is 5.56 Å². The van der Waals surface area contributed by atoms with Crippen LogP contribution in [-0.2, 0) is 6.54 Å². The molecular formula is C18H21BrN2O2. The van der Waals surface area contributed by atoms with E-state index >= 15 is 0 Å². The average molecular weight is 377 g/mol. The molecule has 2 rings (SSSR count). The van der Waals surface area contributed by atoms with Crippen LogP contribution in [0.3, 0.4) is 0 Å². The second-order valence-electron chi connectivity index (χ2n) is 5.15. The molecule has 5 heteroatoms. The Morgan fingerprint density at radius 2 is 1.96 bits per heavy atom. The van der Waals surface area contributed by atoms with Gasteiger partial charge in [0.25, 0.3) is 5.91 Å². The summed E-state index contributed by atoms with van der Waals surface area (Å²) in [6.45, 7) is 2.28. The third kappa shape index (κ3) is 6.04. The molecule has 122 valence electrons. The lowest BCUT2D eigenvalue weighted by Gasteiger charge is -2.08. The Morgan fingerprint density at radius 1 is 1.13 bits per heavy atom. The van der Waals surface area contributed by atoms with E-state index in [1.54, 1.807) is 13.2 Å². The first-order valence-electron chi connectivity index (χ1n) is 7.56. The predicted molar refractivity (Wildman–Crippen MR) is 95.8 cm³/mol. The maximum absolute atomic E-state index is 12.0. The smallest absolute Gasteiger partial charge is 0.251 e. The quantitative estimate of drug-likeness (QED) is 0.694. The second-order valence-corrected chi connectivity index (χ2v) is 6.06. The van der Waals surface area contributed by atoms with Crippen molar-refractivity contribution in [1.29, 1.82) is 0 Å². The SMILES string of the molecule is COc1cccc(CNCCCNC(=O)c2cccc(Br)c2)c1. The summed E-state index contributed by atoms with van der Waals surface area (Å²) in [7, 11) is 1.67. The van der Waals surface area contributed by atoms with Crippen molar-refractivity contribution in [2.75, 3.05) is 20.2 Å². The van der Waals surface area contributed by atoms with Crippen LogP contribution in [0, 0.1) is 0 Å². The summed E-state index contributed by atoms with van der Waals surface area (Å²) in [5, 5.41) is 6.28. The summed E-state index contributed by atoms with van der Waals surface area (Å²) in [6, 6.07) is 15.4. The Kier molecular flexibility index (Phi) is 7.10. The van der Waals surface area contributed by atoms with Crippen LogP contribution in [-0.4, -0.2) is 26.1 Å². The summed E-state index contributed by atoms with van der Waals surface area (Å²) in [5.74, 6) is 0.824. The van der Waals surface area contributed by atoms with Gasteiger partial charge in [0.05, 0.1) is 7.11 Å². The Morgan fingerprint density at radius 3 is 2.74 bits per heavy atom. The first kappa shape index (κ1) is 17.5. The molecular weight excluding hydrogens is 356 g/mol. The van der Waals surface area contributed by atoms with Crippen molar-refractivity contribution < 1.29 is 9.53 Å². The third-order valence-electron chi connectivity index (χ3n) is 3.37. The van der Waals surface area contributed by atoms with Crippen LogP contribution < -0.4 is 15.4 Å². The van der Waals surface area contributed by atoms with Crippen LogP contribution in [0.15, 0.2) is 53.0 Å². The standard InChI is InChI=1S/C18H21BrN2O2/c1-23-17-8-2-5-14(11-17)13-20-9-4-10-21-18(22)15-6-3-7-16(19)12-15/h2-3,5-8,11-12,20H,4,9-10,13H2,1H3,(H,21,22). The van der Waals surface area contributed by atoms with Gasteiger partial charge in [-0.15, -0.1) is 0 Å². The molecule has 0 aromatic heterocycles. The van der Waals surface area contributed by atoms with Crippen molar-refractivity contribution in [3.05, 3.63) is 64.1 Å². The zero-order valence-electron chi connectivity index (χ0n) is 13.1. The normalized spacial score (nSPS) is 10.3. The molecule has 2 aromatic carbocycles. The molecule has 0 aliphatic rings. The molecule has 0 aliphatic carbocycles. The van der Waals surface area contributed by atoms with Crippen molar-refractivity contribution in [1.82, 2.24) is 10.6 Å². The molecule has 0 unspecified atom stereocenters. The van der Waals surface area contributed by atoms with Gasteiger partial charge in [-0.2, -0.15) is 0 Å². The lowest BCUT2D eigenvalue weighted by molar-refractivity contribution is 0.0953. The van der Waals surface area contributed by atoms with Crippen LogP contribution in [0.2, 0.25) is 0 Å². The lowest BCUT2D eigenvalue weighted by Crippen LogP contribution is -2.27. The van der Waals surface area contributed by atoms with Gasteiger partial charge in [-0.3, -0.25) is 4.79 Å². The Balaban J connectivity index is 1.63. The minimum absolute atomic E-state index is 0.0425. The summed E-state index contributed by atoms with van der Waals surface area (Å²) in [6.07, 6.45) is 0.879. The van der Waals surface area contributed by atoms with Gasteiger partial charge in [-0.1, -0.05) is 34.1 Å². The zero-order valence-corrected chi connectivity index (χ0v) is 14.7. The highest BCUT2D eigenvalue weighted by molar-refractivity contribution is 9.10. The van der Waals surface area contributed by atoms with Crippen molar-refractivity contribution in [2.45, 2.75) is 13.0 Å². The van der Waals surface area contributed by atoms with Gasteiger partial charge in [0.15, 0.2) is 0 Å². The van der Waals surface area contributed by atoms with E-state index in [0.717, 1.165) is 29.7 Å².